The van der Waals surface area contributed by atoms with Crippen LogP contribution < -0.4 is 5.32 Å². The maximum atomic E-state index is 12.5. The number of halogens is 1. The van der Waals surface area contributed by atoms with Gasteiger partial charge in [0.1, 0.15) is 0 Å². The molecule has 110 valence electrons. The van der Waals surface area contributed by atoms with Gasteiger partial charge in [-0.2, -0.15) is 0 Å². The summed E-state index contributed by atoms with van der Waals surface area (Å²) in [5, 5.41) is 3.57. The fraction of sp³-hybridized carbons (Fsp3) is 0.929. The first-order valence-corrected chi connectivity index (χ1v) is 7.40. The number of nitrogens with zero attached hydrogens (tertiary/aromatic N) is 1. The number of ether oxygens (including phenoxy) is 1. The Balaban J connectivity index is 0.00000133. The Labute approximate surface area is 121 Å². The van der Waals surface area contributed by atoms with Crippen LogP contribution in [-0.2, 0) is 9.53 Å². The van der Waals surface area contributed by atoms with Crippen molar-refractivity contribution in [2.24, 2.45) is 5.92 Å². The molecule has 0 radical (unpaired) electrons. The van der Waals surface area contributed by atoms with Crippen molar-refractivity contribution in [3.8, 4) is 0 Å². The zero-order chi connectivity index (χ0) is 12.5. The van der Waals surface area contributed by atoms with Gasteiger partial charge >= 0.3 is 0 Å². The van der Waals surface area contributed by atoms with Gasteiger partial charge in [0.15, 0.2) is 0 Å². The molecule has 2 aliphatic heterocycles. The molecule has 2 saturated heterocycles. The number of nitrogens with one attached hydrogen (secondary N) is 1. The van der Waals surface area contributed by atoms with E-state index in [4.69, 9.17) is 4.74 Å². The number of hydrogen-bond donors (Lipinski definition) is 1. The second-order valence-corrected chi connectivity index (χ2v) is 6.07. The van der Waals surface area contributed by atoms with Gasteiger partial charge in [-0.15, -0.1) is 12.4 Å². The third-order valence-corrected chi connectivity index (χ3v) is 4.71. The Bertz CT molecular complexity index is 313. The van der Waals surface area contributed by atoms with Crippen LogP contribution in [0.2, 0.25) is 0 Å². The molecule has 0 aromatic heterocycles. The molecule has 4 nitrogen and oxygen atoms in total. The summed E-state index contributed by atoms with van der Waals surface area (Å²) < 4.78 is 5.50. The third-order valence-electron chi connectivity index (χ3n) is 4.71. The summed E-state index contributed by atoms with van der Waals surface area (Å²) in [6, 6.07) is 0.676. The quantitative estimate of drug-likeness (QED) is 0.796. The smallest absolute Gasteiger partial charge is 0.239 e. The molecular formula is C14H25ClN2O2. The first-order chi connectivity index (χ1) is 8.74. The molecule has 3 fully saturated rings. The third kappa shape index (κ3) is 3.23. The summed E-state index contributed by atoms with van der Waals surface area (Å²) in [6.07, 6.45) is 6.47. The summed E-state index contributed by atoms with van der Waals surface area (Å²) in [4.78, 5) is 14.5. The molecule has 0 bridgehead atoms. The van der Waals surface area contributed by atoms with Crippen molar-refractivity contribution in [3.05, 3.63) is 0 Å². The van der Waals surface area contributed by atoms with Gasteiger partial charge in [0.25, 0.3) is 0 Å². The van der Waals surface area contributed by atoms with Crippen molar-refractivity contribution >= 4 is 18.3 Å². The van der Waals surface area contributed by atoms with Crippen LogP contribution in [-0.4, -0.2) is 48.7 Å². The van der Waals surface area contributed by atoms with Gasteiger partial charge in [-0.1, -0.05) is 12.8 Å². The van der Waals surface area contributed by atoms with Gasteiger partial charge in [-0.25, -0.2) is 0 Å². The molecule has 0 spiro atoms. The average Bonchev–Trinajstić information content (AvgIpc) is 2.81. The lowest BCUT2D eigenvalue weighted by molar-refractivity contribution is -0.140. The van der Waals surface area contributed by atoms with E-state index in [2.05, 4.69) is 5.32 Å². The summed E-state index contributed by atoms with van der Waals surface area (Å²) in [6.45, 7) is 4.25. The lowest BCUT2D eigenvalue weighted by Crippen LogP contribution is -2.51. The van der Waals surface area contributed by atoms with Crippen LogP contribution in [0.1, 0.15) is 39.0 Å². The van der Waals surface area contributed by atoms with Crippen molar-refractivity contribution in [2.45, 2.75) is 57.2 Å². The fourth-order valence-electron chi connectivity index (χ4n) is 3.75. The van der Waals surface area contributed by atoms with E-state index in [9.17, 15) is 4.79 Å². The number of carbonyl (C=O) groups is 1. The monoisotopic (exact) mass is 288 g/mol. The van der Waals surface area contributed by atoms with E-state index < -0.39 is 0 Å². The zero-order valence-corrected chi connectivity index (χ0v) is 12.5. The lowest BCUT2D eigenvalue weighted by Gasteiger charge is -2.33. The highest BCUT2D eigenvalue weighted by atomic mass is 35.5. The zero-order valence-electron chi connectivity index (χ0n) is 11.6. The molecule has 2 heterocycles. The highest BCUT2D eigenvalue weighted by molar-refractivity contribution is 5.85. The lowest BCUT2D eigenvalue weighted by atomic mass is 9.85. The van der Waals surface area contributed by atoms with Crippen molar-refractivity contribution in [2.75, 3.05) is 19.7 Å². The number of carbonyl (C=O) groups excluding carboxylic acids is 1. The molecule has 19 heavy (non-hydrogen) atoms. The van der Waals surface area contributed by atoms with Crippen molar-refractivity contribution in [3.63, 3.8) is 0 Å². The van der Waals surface area contributed by atoms with Gasteiger partial charge in [0, 0.05) is 19.1 Å². The van der Waals surface area contributed by atoms with E-state index in [1.54, 1.807) is 0 Å². The van der Waals surface area contributed by atoms with Crippen molar-refractivity contribution < 1.29 is 9.53 Å². The summed E-state index contributed by atoms with van der Waals surface area (Å²) in [7, 11) is 0. The molecule has 4 unspecified atom stereocenters. The first-order valence-electron chi connectivity index (χ1n) is 7.40. The Kier molecular flexibility index (Phi) is 5.09. The highest BCUT2D eigenvalue weighted by Crippen LogP contribution is 2.33. The van der Waals surface area contributed by atoms with E-state index in [0.717, 1.165) is 25.4 Å². The van der Waals surface area contributed by atoms with E-state index >= 15 is 0 Å². The number of rotatable bonds is 1. The summed E-state index contributed by atoms with van der Waals surface area (Å²) in [5.41, 5.74) is 0. The predicted molar refractivity (Wildman–Crippen MR) is 76.5 cm³/mol. The van der Waals surface area contributed by atoms with Crippen LogP contribution in [0, 0.1) is 5.92 Å². The van der Waals surface area contributed by atoms with Crippen LogP contribution in [0.25, 0.3) is 0 Å². The molecule has 5 heteroatoms. The van der Waals surface area contributed by atoms with E-state index in [1.807, 2.05) is 11.8 Å². The van der Waals surface area contributed by atoms with Crippen LogP contribution >= 0.6 is 12.4 Å². The maximum Gasteiger partial charge on any atom is 0.239 e. The van der Waals surface area contributed by atoms with Crippen LogP contribution in [0.3, 0.4) is 0 Å². The van der Waals surface area contributed by atoms with E-state index in [1.165, 1.54) is 25.7 Å². The SMILES string of the molecule is CC1CN(C(=O)C2CC3CCCCC3N2)CCO1.Cl. The van der Waals surface area contributed by atoms with Gasteiger partial charge in [0.2, 0.25) is 5.91 Å². The average molecular weight is 289 g/mol. The summed E-state index contributed by atoms with van der Waals surface area (Å²) >= 11 is 0. The Hall–Kier alpha value is -0.320. The van der Waals surface area contributed by atoms with Crippen LogP contribution in [0.5, 0.6) is 0 Å². The normalized spacial score (nSPS) is 38.5. The largest absolute Gasteiger partial charge is 0.375 e. The van der Waals surface area contributed by atoms with Gasteiger partial charge < -0.3 is 15.0 Å². The summed E-state index contributed by atoms with van der Waals surface area (Å²) in [5.74, 6) is 1.05. The Morgan fingerprint density at radius 2 is 2.11 bits per heavy atom. The maximum absolute atomic E-state index is 12.5. The van der Waals surface area contributed by atoms with Gasteiger partial charge in [-0.3, -0.25) is 4.79 Å². The molecule has 3 rings (SSSR count). The minimum atomic E-state index is 0. The van der Waals surface area contributed by atoms with Gasteiger partial charge in [-0.05, 0) is 32.1 Å². The minimum absolute atomic E-state index is 0. The molecule has 0 aromatic carbocycles. The van der Waals surface area contributed by atoms with E-state index in [-0.39, 0.29) is 24.6 Å². The second kappa shape index (κ2) is 6.42. The molecule has 4 atom stereocenters. The predicted octanol–water partition coefficient (Wildman–Crippen LogP) is 1.58. The Morgan fingerprint density at radius 3 is 2.84 bits per heavy atom. The number of hydrogen-bond acceptors (Lipinski definition) is 3. The minimum Gasteiger partial charge on any atom is -0.375 e. The standard InChI is InChI=1S/C14H24N2O2.ClH/c1-10-9-16(6-7-18-10)14(17)13-8-11-4-2-3-5-12(11)15-13;/h10-13,15H,2-9H2,1H3;1H. The number of fused-ring (bicyclic) bond motifs is 1. The topological polar surface area (TPSA) is 41.6 Å². The number of morpholine rings is 1. The number of amides is 1. The highest BCUT2D eigenvalue weighted by Gasteiger charge is 2.40. The van der Waals surface area contributed by atoms with Crippen molar-refractivity contribution in [1.82, 2.24) is 10.2 Å². The molecule has 1 saturated carbocycles. The molecule has 1 N–H and O–H groups in total. The van der Waals surface area contributed by atoms with E-state index in [0.29, 0.717) is 18.6 Å². The fourth-order valence-corrected chi connectivity index (χ4v) is 3.75. The molecule has 3 aliphatic rings. The second-order valence-electron chi connectivity index (χ2n) is 6.07. The molecule has 1 aliphatic carbocycles. The molecule has 0 aromatic rings. The molecular weight excluding hydrogens is 264 g/mol. The van der Waals surface area contributed by atoms with Gasteiger partial charge in [0.05, 0.1) is 18.8 Å². The van der Waals surface area contributed by atoms with Crippen molar-refractivity contribution in [1.29, 1.82) is 0 Å². The Morgan fingerprint density at radius 1 is 1.32 bits per heavy atom. The first kappa shape index (κ1) is 15.1. The van der Waals surface area contributed by atoms with Crippen LogP contribution in [0.15, 0.2) is 0 Å². The van der Waals surface area contributed by atoms with Crippen LogP contribution in [0.4, 0.5) is 0 Å². The molecule has 1 amide bonds.